The van der Waals surface area contributed by atoms with E-state index in [2.05, 4.69) is 15.1 Å². The number of anilines is 1. The van der Waals surface area contributed by atoms with E-state index in [1.54, 1.807) is 25.9 Å². The lowest BCUT2D eigenvalue weighted by atomic mass is 10.0. The molecule has 0 aliphatic rings. The lowest BCUT2D eigenvalue weighted by Crippen LogP contribution is -2.20. The summed E-state index contributed by atoms with van der Waals surface area (Å²) >= 11 is 0. The van der Waals surface area contributed by atoms with Crippen LogP contribution in [0, 0.1) is 5.82 Å². The first-order valence-corrected chi connectivity index (χ1v) is 8.74. The zero-order chi connectivity index (χ0) is 21.5. The summed E-state index contributed by atoms with van der Waals surface area (Å²) in [5.74, 6) is -1.16. The molecule has 0 saturated heterocycles. The van der Waals surface area contributed by atoms with Crippen molar-refractivity contribution < 1.29 is 22.7 Å². The molecule has 1 atom stereocenters. The van der Waals surface area contributed by atoms with Crippen molar-refractivity contribution in [3.63, 3.8) is 0 Å². The van der Waals surface area contributed by atoms with Crippen LogP contribution >= 0.6 is 0 Å². The van der Waals surface area contributed by atoms with Gasteiger partial charge >= 0.3 is 6.18 Å². The predicted octanol–water partition coefficient (Wildman–Crippen LogP) is 2.84. The Balaban J connectivity index is 2.22. The van der Waals surface area contributed by atoms with Crippen molar-refractivity contribution in [3.05, 3.63) is 51.2 Å². The third-order valence-corrected chi connectivity index (χ3v) is 4.56. The summed E-state index contributed by atoms with van der Waals surface area (Å²) in [7, 11) is 3.33. The molecule has 0 amide bonds. The van der Waals surface area contributed by atoms with E-state index in [0.717, 1.165) is 6.07 Å². The monoisotopic (exact) mass is 413 g/mol. The van der Waals surface area contributed by atoms with Crippen molar-refractivity contribution in [3.8, 4) is 0 Å². The second-order valence-electron chi connectivity index (χ2n) is 6.69. The standard InChI is InChI=1S/C18H19F4N5O2/c1-4-13(9-5-6-10(11(19)7-9)18(20,21)22)27-15-14(12(8-28)25-27)16(29)24-17(23-15)26(2)3/h5-7,13,28H,4,8H2,1-3H3,(H,23,24,29)/t13-/m1/s1. The number of benzene rings is 1. The Kier molecular flexibility index (Phi) is 5.35. The zero-order valence-corrected chi connectivity index (χ0v) is 15.9. The van der Waals surface area contributed by atoms with Crippen LogP contribution in [-0.2, 0) is 12.8 Å². The highest BCUT2D eigenvalue weighted by Gasteiger charge is 2.34. The molecule has 0 spiro atoms. The number of alkyl halides is 3. The van der Waals surface area contributed by atoms with E-state index in [4.69, 9.17) is 0 Å². The van der Waals surface area contributed by atoms with E-state index >= 15 is 0 Å². The van der Waals surface area contributed by atoms with Crippen molar-refractivity contribution in [2.45, 2.75) is 32.2 Å². The van der Waals surface area contributed by atoms with Crippen LogP contribution in [-0.4, -0.2) is 39.0 Å². The SMILES string of the molecule is CC[C@H](c1ccc(C(F)(F)F)c(F)c1)n1nc(CO)c2c(=O)[nH]c(N(C)C)nc21. The maximum absolute atomic E-state index is 14.1. The number of nitrogens with one attached hydrogen (secondary N) is 1. The van der Waals surface area contributed by atoms with E-state index in [0.29, 0.717) is 12.5 Å². The van der Waals surface area contributed by atoms with Gasteiger partial charge in [-0.1, -0.05) is 13.0 Å². The maximum Gasteiger partial charge on any atom is 0.419 e. The number of aliphatic hydroxyl groups is 1. The van der Waals surface area contributed by atoms with Crippen LogP contribution in [0.4, 0.5) is 23.5 Å². The molecule has 3 rings (SSSR count). The van der Waals surface area contributed by atoms with Gasteiger partial charge in [-0.3, -0.25) is 9.78 Å². The molecule has 0 saturated carbocycles. The van der Waals surface area contributed by atoms with Gasteiger partial charge < -0.3 is 10.0 Å². The highest BCUT2D eigenvalue weighted by Crippen LogP contribution is 2.34. The average molecular weight is 413 g/mol. The second-order valence-corrected chi connectivity index (χ2v) is 6.69. The van der Waals surface area contributed by atoms with E-state index < -0.39 is 35.8 Å². The Labute approximate surface area is 162 Å². The molecule has 2 aromatic heterocycles. The minimum atomic E-state index is -4.80. The molecule has 3 aromatic rings. The molecule has 2 heterocycles. The second kappa shape index (κ2) is 7.47. The number of aliphatic hydroxyl groups excluding tert-OH is 1. The number of aromatic nitrogens is 4. The number of rotatable bonds is 5. The fraction of sp³-hybridized carbons (Fsp3) is 0.389. The summed E-state index contributed by atoms with van der Waals surface area (Å²) in [5.41, 5.74) is -1.41. The molecule has 0 aliphatic carbocycles. The largest absolute Gasteiger partial charge is 0.419 e. The molecule has 2 N–H and O–H groups in total. The lowest BCUT2D eigenvalue weighted by Gasteiger charge is -2.19. The molecule has 0 aliphatic heterocycles. The van der Waals surface area contributed by atoms with E-state index in [9.17, 15) is 27.5 Å². The molecule has 0 bridgehead atoms. The molecule has 0 fully saturated rings. The number of nitrogens with zero attached hydrogens (tertiary/aromatic N) is 4. The Morgan fingerprint density at radius 1 is 1.31 bits per heavy atom. The molecule has 0 unspecified atom stereocenters. The van der Waals surface area contributed by atoms with Gasteiger partial charge in [0.25, 0.3) is 5.56 Å². The molecule has 29 heavy (non-hydrogen) atoms. The topological polar surface area (TPSA) is 87.0 Å². The predicted molar refractivity (Wildman–Crippen MR) is 98.2 cm³/mol. The first-order valence-electron chi connectivity index (χ1n) is 8.74. The maximum atomic E-state index is 14.1. The number of hydrogen-bond donors (Lipinski definition) is 2. The zero-order valence-electron chi connectivity index (χ0n) is 15.9. The Morgan fingerprint density at radius 3 is 2.52 bits per heavy atom. The molecule has 156 valence electrons. The summed E-state index contributed by atoms with van der Waals surface area (Å²) in [6.45, 7) is 1.21. The van der Waals surface area contributed by atoms with Crippen LogP contribution < -0.4 is 10.5 Å². The van der Waals surface area contributed by atoms with Crippen LogP contribution in [0.3, 0.4) is 0 Å². The molecule has 0 radical (unpaired) electrons. The summed E-state index contributed by atoms with van der Waals surface area (Å²) < 4.78 is 54.1. The number of hydrogen-bond acceptors (Lipinski definition) is 5. The smallest absolute Gasteiger partial charge is 0.390 e. The third-order valence-electron chi connectivity index (χ3n) is 4.56. The molecule has 11 heteroatoms. The van der Waals surface area contributed by atoms with E-state index in [1.807, 2.05) is 0 Å². The lowest BCUT2D eigenvalue weighted by molar-refractivity contribution is -0.140. The van der Waals surface area contributed by atoms with Crippen LogP contribution in [0.15, 0.2) is 23.0 Å². The van der Waals surface area contributed by atoms with Crippen molar-refractivity contribution in [1.82, 2.24) is 19.7 Å². The summed E-state index contributed by atoms with van der Waals surface area (Å²) in [6.07, 6.45) is -4.47. The van der Waals surface area contributed by atoms with E-state index in [1.165, 1.54) is 10.7 Å². The van der Waals surface area contributed by atoms with Crippen LogP contribution in [0.25, 0.3) is 11.0 Å². The molecule has 1 aromatic carbocycles. The minimum Gasteiger partial charge on any atom is -0.390 e. The highest BCUT2D eigenvalue weighted by atomic mass is 19.4. The van der Waals surface area contributed by atoms with Crippen molar-refractivity contribution in [2.75, 3.05) is 19.0 Å². The molecule has 7 nitrogen and oxygen atoms in total. The molecular weight excluding hydrogens is 394 g/mol. The first kappa shape index (κ1) is 20.8. The van der Waals surface area contributed by atoms with Gasteiger partial charge in [0, 0.05) is 14.1 Å². The number of fused-ring (bicyclic) bond motifs is 1. The Hall–Kier alpha value is -2.95. The summed E-state index contributed by atoms with van der Waals surface area (Å²) in [4.78, 5) is 21.0. The van der Waals surface area contributed by atoms with Gasteiger partial charge in [-0.2, -0.15) is 23.3 Å². The molecular formula is C18H19F4N5O2. The number of halogens is 4. The van der Waals surface area contributed by atoms with Gasteiger partial charge in [0.15, 0.2) is 5.65 Å². The fourth-order valence-corrected chi connectivity index (χ4v) is 3.16. The quantitative estimate of drug-likeness (QED) is 0.629. The van der Waals surface area contributed by atoms with Crippen LogP contribution in [0.2, 0.25) is 0 Å². The minimum absolute atomic E-state index is 0.0731. The first-order chi connectivity index (χ1) is 13.6. The summed E-state index contributed by atoms with van der Waals surface area (Å²) in [5, 5.41) is 13.9. The van der Waals surface area contributed by atoms with Gasteiger partial charge in [0.2, 0.25) is 5.95 Å². The van der Waals surface area contributed by atoms with Crippen molar-refractivity contribution in [2.24, 2.45) is 0 Å². The van der Waals surface area contributed by atoms with Crippen molar-refractivity contribution >= 4 is 17.0 Å². The van der Waals surface area contributed by atoms with Gasteiger partial charge in [-0.15, -0.1) is 0 Å². The van der Waals surface area contributed by atoms with Gasteiger partial charge in [0.1, 0.15) is 16.9 Å². The van der Waals surface area contributed by atoms with Gasteiger partial charge in [-0.25, -0.2) is 9.07 Å². The Morgan fingerprint density at radius 2 is 2.00 bits per heavy atom. The third kappa shape index (κ3) is 3.69. The van der Waals surface area contributed by atoms with Crippen LogP contribution in [0.5, 0.6) is 0 Å². The highest BCUT2D eigenvalue weighted by molar-refractivity contribution is 5.78. The normalized spacial score (nSPS) is 13.1. The van der Waals surface area contributed by atoms with Crippen LogP contribution in [0.1, 0.15) is 36.2 Å². The van der Waals surface area contributed by atoms with E-state index in [-0.39, 0.29) is 28.2 Å². The Bertz CT molecular complexity index is 1100. The summed E-state index contributed by atoms with van der Waals surface area (Å²) in [6, 6.07) is 1.96. The fourth-order valence-electron chi connectivity index (χ4n) is 3.16. The van der Waals surface area contributed by atoms with Gasteiger partial charge in [-0.05, 0) is 24.1 Å². The average Bonchev–Trinajstić information content (AvgIpc) is 3.00. The van der Waals surface area contributed by atoms with Crippen molar-refractivity contribution in [1.29, 1.82) is 0 Å². The van der Waals surface area contributed by atoms with Gasteiger partial charge in [0.05, 0.1) is 18.2 Å². The number of aromatic amines is 1. The number of H-pyrrole nitrogens is 1.